The van der Waals surface area contributed by atoms with Gasteiger partial charge in [-0.25, -0.2) is 5.43 Å². The topological polar surface area (TPSA) is 70.6 Å². The van der Waals surface area contributed by atoms with Crippen molar-refractivity contribution in [3.8, 4) is 0 Å². The third-order valence-corrected chi connectivity index (χ3v) is 4.58. The third-order valence-electron chi connectivity index (χ3n) is 4.09. The van der Waals surface area contributed by atoms with Crippen molar-refractivity contribution in [2.24, 2.45) is 11.0 Å². The van der Waals surface area contributed by atoms with Crippen LogP contribution in [0.25, 0.3) is 0 Å². The van der Waals surface area contributed by atoms with Gasteiger partial charge in [-0.05, 0) is 24.1 Å². The molecule has 0 aliphatic carbocycles. The largest absolute Gasteiger partial charge is 0.325 e. The number of amides is 2. The van der Waals surface area contributed by atoms with E-state index in [1.54, 1.807) is 0 Å². The Morgan fingerprint density at radius 1 is 1.38 bits per heavy atom. The second kappa shape index (κ2) is 8.87. The highest BCUT2D eigenvalue weighted by Crippen LogP contribution is 2.19. The van der Waals surface area contributed by atoms with Crippen molar-refractivity contribution in [3.05, 3.63) is 29.8 Å². The van der Waals surface area contributed by atoms with Gasteiger partial charge in [0.1, 0.15) is 0 Å². The first-order valence-electron chi connectivity index (χ1n) is 8.47. The Balaban J connectivity index is 1.94. The molecule has 0 saturated heterocycles. The standard InChI is InChI=1S/C18H25N3O2S/c1-3-4-5-6-15(24)18(23)19-14-9-7-13(8-10-14)17-12(2)11-16(22)20-21-17/h7-10,12,15,24H,3-6,11H2,1-2H3,(H,19,23)(H,20,22). The molecular formula is C18H25N3O2S. The fourth-order valence-electron chi connectivity index (χ4n) is 2.67. The van der Waals surface area contributed by atoms with Crippen LogP contribution in [0.2, 0.25) is 0 Å². The molecule has 0 spiro atoms. The van der Waals surface area contributed by atoms with E-state index >= 15 is 0 Å². The zero-order chi connectivity index (χ0) is 17.5. The van der Waals surface area contributed by atoms with E-state index < -0.39 is 0 Å². The van der Waals surface area contributed by atoms with Crippen molar-refractivity contribution in [3.63, 3.8) is 0 Å². The molecule has 1 aromatic carbocycles. The Bertz CT molecular complexity index is 613. The molecule has 2 unspecified atom stereocenters. The van der Waals surface area contributed by atoms with Crippen molar-refractivity contribution < 1.29 is 9.59 Å². The monoisotopic (exact) mass is 347 g/mol. The third kappa shape index (κ3) is 5.09. The van der Waals surface area contributed by atoms with E-state index in [4.69, 9.17) is 0 Å². The SMILES string of the molecule is CCCCCC(S)C(=O)Nc1ccc(C2=NNC(=O)CC2C)cc1. The van der Waals surface area contributed by atoms with Crippen LogP contribution in [0.5, 0.6) is 0 Å². The van der Waals surface area contributed by atoms with Crippen LogP contribution in [0, 0.1) is 5.92 Å². The van der Waals surface area contributed by atoms with Crippen LogP contribution in [0.1, 0.15) is 51.5 Å². The molecule has 1 aromatic rings. The molecule has 1 aliphatic heterocycles. The zero-order valence-electron chi connectivity index (χ0n) is 14.2. The van der Waals surface area contributed by atoms with Gasteiger partial charge >= 0.3 is 0 Å². The maximum Gasteiger partial charge on any atom is 0.240 e. The second-order valence-corrected chi connectivity index (χ2v) is 6.84. The molecule has 0 aromatic heterocycles. The van der Waals surface area contributed by atoms with E-state index in [-0.39, 0.29) is 23.0 Å². The van der Waals surface area contributed by atoms with Gasteiger partial charge < -0.3 is 5.32 Å². The Morgan fingerprint density at radius 3 is 2.71 bits per heavy atom. The van der Waals surface area contributed by atoms with Crippen molar-refractivity contribution in [2.45, 2.75) is 51.2 Å². The van der Waals surface area contributed by atoms with Crippen LogP contribution in [0.4, 0.5) is 5.69 Å². The molecule has 5 nitrogen and oxygen atoms in total. The molecule has 1 heterocycles. The van der Waals surface area contributed by atoms with Gasteiger partial charge in [0.05, 0.1) is 11.0 Å². The molecule has 2 atom stereocenters. The van der Waals surface area contributed by atoms with Crippen LogP contribution >= 0.6 is 12.6 Å². The second-order valence-electron chi connectivity index (χ2n) is 6.22. The number of carbonyl (C=O) groups is 2. The predicted molar refractivity (Wildman–Crippen MR) is 100 cm³/mol. The van der Waals surface area contributed by atoms with Gasteiger partial charge in [-0.15, -0.1) is 0 Å². The smallest absolute Gasteiger partial charge is 0.240 e. The number of benzene rings is 1. The first-order valence-corrected chi connectivity index (χ1v) is 8.98. The molecule has 0 fully saturated rings. The lowest BCUT2D eigenvalue weighted by Crippen LogP contribution is -2.31. The number of hydrogen-bond donors (Lipinski definition) is 3. The molecule has 0 saturated carbocycles. The molecule has 2 rings (SSSR count). The van der Waals surface area contributed by atoms with Crippen LogP contribution in [0.15, 0.2) is 29.4 Å². The van der Waals surface area contributed by atoms with Crippen molar-refractivity contribution >= 4 is 35.8 Å². The van der Waals surface area contributed by atoms with Crippen LogP contribution in [-0.2, 0) is 9.59 Å². The highest BCUT2D eigenvalue weighted by Gasteiger charge is 2.21. The predicted octanol–water partition coefficient (Wildman–Crippen LogP) is 3.36. The van der Waals surface area contributed by atoms with Crippen LogP contribution < -0.4 is 10.7 Å². The number of hydrogen-bond acceptors (Lipinski definition) is 4. The Labute approximate surface area is 148 Å². The van der Waals surface area contributed by atoms with Gasteiger partial charge in [-0.1, -0.05) is 45.2 Å². The molecule has 1 aliphatic rings. The summed E-state index contributed by atoms with van der Waals surface area (Å²) < 4.78 is 0. The minimum absolute atomic E-state index is 0.0574. The van der Waals surface area contributed by atoms with Gasteiger partial charge in [0.25, 0.3) is 0 Å². The van der Waals surface area contributed by atoms with Gasteiger partial charge in [0.2, 0.25) is 11.8 Å². The lowest BCUT2D eigenvalue weighted by atomic mass is 9.94. The molecule has 2 N–H and O–H groups in total. The number of anilines is 1. The number of nitrogens with zero attached hydrogens (tertiary/aromatic N) is 1. The summed E-state index contributed by atoms with van der Waals surface area (Å²) in [6.07, 6.45) is 4.49. The molecule has 130 valence electrons. The maximum absolute atomic E-state index is 12.1. The van der Waals surface area contributed by atoms with Crippen LogP contribution in [0.3, 0.4) is 0 Å². The number of unbranched alkanes of at least 4 members (excludes halogenated alkanes) is 2. The molecule has 0 bridgehead atoms. The van der Waals surface area contributed by atoms with Crippen molar-refractivity contribution in [1.29, 1.82) is 0 Å². The first kappa shape index (κ1) is 18.5. The quantitative estimate of drug-likeness (QED) is 0.523. The Kier molecular flexibility index (Phi) is 6.85. The van der Waals surface area contributed by atoms with Crippen LogP contribution in [-0.4, -0.2) is 22.8 Å². The van der Waals surface area contributed by atoms with E-state index in [1.165, 1.54) is 0 Å². The Morgan fingerprint density at radius 2 is 2.08 bits per heavy atom. The van der Waals surface area contributed by atoms with E-state index in [2.05, 4.69) is 35.4 Å². The molecular weight excluding hydrogens is 322 g/mol. The highest BCUT2D eigenvalue weighted by atomic mass is 32.1. The summed E-state index contributed by atoms with van der Waals surface area (Å²) in [5.74, 6) is -0.0459. The average molecular weight is 347 g/mol. The normalized spacial score (nSPS) is 18.5. The highest BCUT2D eigenvalue weighted by molar-refractivity contribution is 7.81. The number of carbonyl (C=O) groups excluding carboxylic acids is 2. The summed E-state index contributed by atoms with van der Waals surface area (Å²) in [5, 5.41) is 6.75. The summed E-state index contributed by atoms with van der Waals surface area (Å²) in [7, 11) is 0. The summed E-state index contributed by atoms with van der Waals surface area (Å²) >= 11 is 4.38. The lowest BCUT2D eigenvalue weighted by molar-refractivity contribution is -0.122. The number of nitrogens with one attached hydrogen (secondary N) is 2. The summed E-state index contributed by atoms with van der Waals surface area (Å²) in [6, 6.07) is 7.52. The fourth-order valence-corrected chi connectivity index (χ4v) is 2.92. The number of hydrazone groups is 1. The Hall–Kier alpha value is -1.82. The van der Waals surface area contributed by atoms with E-state index in [0.29, 0.717) is 6.42 Å². The van der Waals surface area contributed by atoms with Gasteiger partial charge in [0.15, 0.2) is 0 Å². The average Bonchev–Trinajstić information content (AvgIpc) is 2.56. The van der Waals surface area contributed by atoms with Crippen molar-refractivity contribution in [1.82, 2.24) is 5.43 Å². The number of rotatable bonds is 7. The molecule has 24 heavy (non-hydrogen) atoms. The fraction of sp³-hybridized carbons (Fsp3) is 0.500. The lowest BCUT2D eigenvalue weighted by Gasteiger charge is -2.19. The first-order chi connectivity index (χ1) is 11.5. The van der Waals surface area contributed by atoms with Crippen molar-refractivity contribution in [2.75, 3.05) is 5.32 Å². The number of thiol groups is 1. The zero-order valence-corrected chi connectivity index (χ0v) is 15.1. The summed E-state index contributed by atoms with van der Waals surface area (Å²) in [4.78, 5) is 23.4. The maximum atomic E-state index is 12.1. The van der Waals surface area contributed by atoms with E-state index in [1.807, 2.05) is 31.2 Å². The van der Waals surface area contributed by atoms with E-state index in [0.717, 1.165) is 42.6 Å². The summed E-state index contributed by atoms with van der Waals surface area (Å²) in [5.41, 5.74) is 5.07. The molecule has 6 heteroatoms. The van der Waals surface area contributed by atoms with Gasteiger partial charge in [-0.3, -0.25) is 9.59 Å². The molecule has 2 amide bonds. The summed E-state index contributed by atoms with van der Waals surface area (Å²) in [6.45, 7) is 4.12. The van der Waals surface area contributed by atoms with Gasteiger partial charge in [0, 0.05) is 18.0 Å². The molecule has 0 radical (unpaired) electrons. The minimum atomic E-state index is -0.283. The van der Waals surface area contributed by atoms with Gasteiger partial charge in [-0.2, -0.15) is 17.7 Å². The minimum Gasteiger partial charge on any atom is -0.325 e. The van der Waals surface area contributed by atoms with E-state index in [9.17, 15) is 9.59 Å².